The Morgan fingerprint density at radius 3 is 2.55 bits per heavy atom. The highest BCUT2D eigenvalue weighted by Crippen LogP contribution is 2.29. The number of nitriles is 1. The third-order valence-corrected chi connectivity index (χ3v) is 4.02. The predicted molar refractivity (Wildman–Crippen MR) is 82.9 cm³/mol. The van der Waals surface area contributed by atoms with E-state index < -0.39 is 5.54 Å². The summed E-state index contributed by atoms with van der Waals surface area (Å²) in [4.78, 5) is 25.9. The predicted octanol–water partition coefficient (Wildman–Crippen LogP) is 2.71. The number of imide groups is 1. The number of hydrogen-bond acceptors (Lipinski definition) is 3. The largest absolute Gasteiger partial charge is 0.325 e. The second-order valence-electron chi connectivity index (χ2n) is 5.72. The molecular weight excluding hydrogens is 278 g/mol. The van der Waals surface area contributed by atoms with Gasteiger partial charge in [0, 0.05) is 13.0 Å². The van der Waals surface area contributed by atoms with E-state index in [2.05, 4.69) is 12.2 Å². The minimum atomic E-state index is -1.02. The summed E-state index contributed by atoms with van der Waals surface area (Å²) in [5.41, 5.74) is 0.986. The molecule has 116 valence electrons. The van der Waals surface area contributed by atoms with E-state index in [9.17, 15) is 9.59 Å². The molecule has 1 aliphatic rings. The van der Waals surface area contributed by atoms with Gasteiger partial charge in [-0.2, -0.15) is 5.26 Å². The normalized spacial score (nSPS) is 20.9. The zero-order chi connectivity index (χ0) is 16.2. The molecule has 1 aliphatic heterocycles. The first-order valence-corrected chi connectivity index (χ1v) is 7.63. The molecule has 0 radical (unpaired) electrons. The van der Waals surface area contributed by atoms with Crippen LogP contribution in [0.5, 0.6) is 0 Å². The van der Waals surface area contributed by atoms with E-state index in [-0.39, 0.29) is 18.5 Å². The Morgan fingerprint density at radius 1 is 1.27 bits per heavy atom. The Labute approximate surface area is 130 Å². The number of carbonyl (C=O) groups excluding carboxylic acids is 2. The first-order valence-electron chi connectivity index (χ1n) is 7.63. The van der Waals surface area contributed by atoms with Crippen LogP contribution in [0.1, 0.15) is 44.2 Å². The minimum absolute atomic E-state index is 0.251. The minimum Gasteiger partial charge on any atom is -0.319 e. The van der Waals surface area contributed by atoms with Crippen LogP contribution in [0, 0.1) is 11.3 Å². The first kappa shape index (κ1) is 16.0. The molecule has 1 atom stereocenters. The number of amides is 3. The molecule has 3 amide bonds. The molecule has 0 aromatic heterocycles. The van der Waals surface area contributed by atoms with Crippen molar-refractivity contribution >= 4 is 11.9 Å². The van der Waals surface area contributed by atoms with Gasteiger partial charge < -0.3 is 5.32 Å². The number of hydrogen-bond donors (Lipinski definition) is 1. The van der Waals surface area contributed by atoms with E-state index in [0.717, 1.165) is 18.4 Å². The second kappa shape index (κ2) is 6.61. The van der Waals surface area contributed by atoms with Crippen molar-refractivity contribution in [2.24, 2.45) is 0 Å². The molecule has 0 spiro atoms. The number of nitrogens with one attached hydrogen (secondary N) is 1. The van der Waals surface area contributed by atoms with E-state index in [1.54, 1.807) is 6.92 Å². The van der Waals surface area contributed by atoms with Crippen LogP contribution in [0.25, 0.3) is 0 Å². The van der Waals surface area contributed by atoms with Gasteiger partial charge in [0.2, 0.25) is 0 Å². The van der Waals surface area contributed by atoms with E-state index in [4.69, 9.17) is 5.26 Å². The molecule has 1 aromatic carbocycles. The van der Waals surface area contributed by atoms with Gasteiger partial charge in [-0.1, -0.05) is 37.6 Å². The maximum atomic E-state index is 12.6. The summed E-state index contributed by atoms with van der Waals surface area (Å²) in [7, 11) is 0. The fourth-order valence-electron chi connectivity index (χ4n) is 2.71. The van der Waals surface area contributed by atoms with Crippen LogP contribution >= 0.6 is 0 Å². The quantitative estimate of drug-likeness (QED) is 0.648. The van der Waals surface area contributed by atoms with Crippen molar-refractivity contribution in [2.45, 2.75) is 45.1 Å². The summed E-state index contributed by atoms with van der Waals surface area (Å²) in [6, 6.07) is 9.45. The summed E-state index contributed by atoms with van der Waals surface area (Å²) >= 11 is 0. The van der Waals surface area contributed by atoms with Gasteiger partial charge in [-0.25, -0.2) is 4.79 Å². The summed E-state index contributed by atoms with van der Waals surface area (Å²) in [6.45, 7) is 4.13. The molecule has 0 saturated carbocycles. The zero-order valence-corrected chi connectivity index (χ0v) is 13.1. The summed E-state index contributed by atoms with van der Waals surface area (Å²) in [5.74, 6) is -0.251. The number of rotatable bonds is 6. The van der Waals surface area contributed by atoms with Gasteiger partial charge in [0.05, 0.1) is 6.07 Å². The maximum absolute atomic E-state index is 12.6. The molecule has 0 bridgehead atoms. The Kier molecular flexibility index (Phi) is 4.81. The molecular formula is C17H21N3O2. The molecule has 1 fully saturated rings. The molecule has 1 aromatic rings. The molecule has 5 heteroatoms. The van der Waals surface area contributed by atoms with Crippen LogP contribution in [0.3, 0.4) is 0 Å². The van der Waals surface area contributed by atoms with Crippen LogP contribution in [0.15, 0.2) is 24.3 Å². The van der Waals surface area contributed by atoms with Crippen molar-refractivity contribution in [3.8, 4) is 6.07 Å². The molecule has 2 rings (SSSR count). The van der Waals surface area contributed by atoms with Crippen molar-refractivity contribution in [1.29, 1.82) is 5.26 Å². The summed E-state index contributed by atoms with van der Waals surface area (Å²) in [5, 5.41) is 11.3. The summed E-state index contributed by atoms with van der Waals surface area (Å²) in [6.07, 6.45) is 2.90. The first-order chi connectivity index (χ1) is 10.5. The second-order valence-corrected chi connectivity index (χ2v) is 5.72. The summed E-state index contributed by atoms with van der Waals surface area (Å²) < 4.78 is 0. The molecule has 1 unspecified atom stereocenters. The van der Waals surface area contributed by atoms with Gasteiger partial charge in [-0.15, -0.1) is 0 Å². The lowest BCUT2D eigenvalue weighted by molar-refractivity contribution is -0.131. The third kappa shape index (κ3) is 2.96. The van der Waals surface area contributed by atoms with E-state index >= 15 is 0 Å². The highest BCUT2D eigenvalue weighted by molar-refractivity contribution is 6.07. The number of urea groups is 1. The van der Waals surface area contributed by atoms with Crippen molar-refractivity contribution in [3.63, 3.8) is 0 Å². The van der Waals surface area contributed by atoms with Crippen molar-refractivity contribution in [2.75, 3.05) is 6.54 Å². The molecule has 1 saturated heterocycles. The fraction of sp³-hybridized carbons (Fsp3) is 0.471. The van der Waals surface area contributed by atoms with Crippen LogP contribution in [-0.2, 0) is 16.8 Å². The monoisotopic (exact) mass is 299 g/mol. The topological polar surface area (TPSA) is 73.2 Å². The van der Waals surface area contributed by atoms with Gasteiger partial charge in [0.15, 0.2) is 0 Å². The lowest BCUT2D eigenvalue weighted by atomic mass is 9.91. The highest BCUT2D eigenvalue weighted by atomic mass is 16.2. The van der Waals surface area contributed by atoms with E-state index in [1.165, 1.54) is 10.5 Å². The number of benzene rings is 1. The Morgan fingerprint density at radius 2 is 1.95 bits per heavy atom. The van der Waals surface area contributed by atoms with Gasteiger partial charge in [-0.05, 0) is 30.9 Å². The molecule has 22 heavy (non-hydrogen) atoms. The lowest BCUT2D eigenvalue weighted by Gasteiger charge is -2.22. The third-order valence-electron chi connectivity index (χ3n) is 4.02. The number of carbonyl (C=O) groups is 2. The van der Waals surface area contributed by atoms with Crippen molar-refractivity contribution < 1.29 is 9.59 Å². The van der Waals surface area contributed by atoms with Crippen LogP contribution in [0.2, 0.25) is 0 Å². The van der Waals surface area contributed by atoms with Gasteiger partial charge >= 0.3 is 6.03 Å². The van der Waals surface area contributed by atoms with Gasteiger partial charge in [-0.3, -0.25) is 9.69 Å². The highest BCUT2D eigenvalue weighted by Gasteiger charge is 2.48. The molecule has 0 aliphatic carbocycles. The molecule has 5 nitrogen and oxygen atoms in total. The number of unbranched alkanes of at least 4 members (excludes halogenated alkanes) is 1. The van der Waals surface area contributed by atoms with Gasteiger partial charge in [0.1, 0.15) is 5.54 Å². The Hall–Kier alpha value is -2.35. The van der Waals surface area contributed by atoms with Crippen molar-refractivity contribution in [1.82, 2.24) is 10.2 Å². The van der Waals surface area contributed by atoms with Crippen LogP contribution in [0.4, 0.5) is 4.79 Å². The zero-order valence-electron chi connectivity index (χ0n) is 13.1. The lowest BCUT2D eigenvalue weighted by Crippen LogP contribution is -2.41. The molecule has 1 N–H and O–H groups in total. The van der Waals surface area contributed by atoms with Gasteiger partial charge in [0.25, 0.3) is 5.91 Å². The number of aryl methyl sites for hydroxylation is 1. The Bertz CT molecular complexity index is 603. The molecule has 1 heterocycles. The van der Waals surface area contributed by atoms with Crippen LogP contribution in [-0.4, -0.2) is 23.4 Å². The standard InChI is InChI=1S/C17H21N3O2/c1-3-6-13-7-9-14(10-8-13)17(2)15(21)20(16(22)19-17)12-5-4-11-18/h7-10H,3-6,12H2,1-2H3,(H,19,22). The van der Waals surface area contributed by atoms with E-state index in [1.807, 2.05) is 30.3 Å². The van der Waals surface area contributed by atoms with Crippen LogP contribution < -0.4 is 5.32 Å². The smallest absolute Gasteiger partial charge is 0.319 e. The average Bonchev–Trinajstić information content (AvgIpc) is 2.72. The number of nitrogens with zero attached hydrogens (tertiary/aromatic N) is 2. The maximum Gasteiger partial charge on any atom is 0.325 e. The van der Waals surface area contributed by atoms with E-state index in [0.29, 0.717) is 12.8 Å². The Balaban J connectivity index is 2.17. The fourth-order valence-corrected chi connectivity index (χ4v) is 2.71. The SMILES string of the molecule is CCCc1ccc(C2(C)NC(=O)N(CCCC#N)C2=O)cc1. The average molecular weight is 299 g/mol. The van der Waals surface area contributed by atoms with Crippen molar-refractivity contribution in [3.05, 3.63) is 35.4 Å².